The monoisotopic (exact) mass is 403 g/mol. The molecule has 8 heteroatoms. The second kappa shape index (κ2) is 8.02. The topological polar surface area (TPSA) is 90.0 Å². The van der Waals surface area contributed by atoms with Crippen molar-refractivity contribution in [3.63, 3.8) is 0 Å². The van der Waals surface area contributed by atoms with Gasteiger partial charge >= 0.3 is 5.97 Å². The molecule has 148 valence electrons. The van der Waals surface area contributed by atoms with Gasteiger partial charge in [-0.25, -0.2) is 13.2 Å². The highest BCUT2D eigenvalue weighted by molar-refractivity contribution is 7.92. The lowest BCUT2D eigenvalue weighted by Crippen LogP contribution is -2.27. The molecule has 0 aromatic heterocycles. The molecule has 7 nitrogen and oxygen atoms in total. The number of methoxy groups -OCH3 is 1. The number of Topliss-reactive ketones (excluding diaryl/α,β-unsaturated/α-hetero) is 1. The Morgan fingerprint density at radius 2 is 1.79 bits per heavy atom. The van der Waals surface area contributed by atoms with E-state index in [4.69, 9.17) is 9.47 Å². The second-order valence-electron chi connectivity index (χ2n) is 6.42. The van der Waals surface area contributed by atoms with E-state index >= 15 is 0 Å². The maximum atomic E-state index is 12.9. The van der Waals surface area contributed by atoms with Crippen molar-refractivity contribution in [2.24, 2.45) is 0 Å². The fourth-order valence-electron chi connectivity index (χ4n) is 3.05. The van der Waals surface area contributed by atoms with Crippen LogP contribution in [0.1, 0.15) is 29.6 Å². The molecule has 0 heterocycles. The minimum atomic E-state index is -3.85. The number of carbonyl (C=O) groups excluding carboxylic acids is 2. The maximum Gasteiger partial charge on any atom is 0.338 e. The number of ketones is 1. The Bertz CT molecular complexity index is 984. The Hall–Kier alpha value is -2.87. The number of hydrogen-bond donors (Lipinski definition) is 0. The quantitative estimate of drug-likeness (QED) is 0.689. The van der Waals surface area contributed by atoms with Crippen LogP contribution in [0.15, 0.2) is 53.4 Å². The number of para-hydroxylation sites is 2. The van der Waals surface area contributed by atoms with Gasteiger partial charge in [0, 0.05) is 13.5 Å². The average molecular weight is 403 g/mol. The summed E-state index contributed by atoms with van der Waals surface area (Å²) in [5.41, 5.74) is 0.590. The fourth-order valence-corrected chi connectivity index (χ4v) is 4.25. The highest BCUT2D eigenvalue weighted by Gasteiger charge is 2.29. The molecular weight excluding hydrogens is 382 g/mol. The lowest BCUT2D eigenvalue weighted by Gasteiger charge is -2.21. The molecule has 0 amide bonds. The molecule has 0 unspecified atom stereocenters. The van der Waals surface area contributed by atoms with Gasteiger partial charge in [-0.3, -0.25) is 9.10 Å². The first-order chi connectivity index (χ1) is 13.3. The van der Waals surface area contributed by atoms with Crippen LogP contribution in [0.3, 0.4) is 0 Å². The van der Waals surface area contributed by atoms with E-state index in [1.54, 1.807) is 24.3 Å². The van der Waals surface area contributed by atoms with E-state index in [0.717, 1.165) is 4.31 Å². The summed E-state index contributed by atoms with van der Waals surface area (Å²) in [5.74, 6) is -0.289. The lowest BCUT2D eigenvalue weighted by molar-refractivity contribution is -0.124. The molecule has 2 aromatic carbocycles. The summed E-state index contributed by atoms with van der Waals surface area (Å²) in [4.78, 5) is 23.8. The van der Waals surface area contributed by atoms with Crippen molar-refractivity contribution >= 4 is 27.5 Å². The molecule has 0 N–H and O–H groups in total. The fraction of sp³-hybridized carbons (Fsp3) is 0.300. The summed E-state index contributed by atoms with van der Waals surface area (Å²) in [6.07, 6.45) is 0.960. The Labute approximate surface area is 163 Å². The molecule has 0 aliphatic heterocycles. The molecule has 0 radical (unpaired) electrons. The molecule has 0 spiro atoms. The molecule has 1 aliphatic carbocycles. The van der Waals surface area contributed by atoms with E-state index in [2.05, 4.69) is 0 Å². The smallest absolute Gasteiger partial charge is 0.338 e. The molecule has 1 fully saturated rings. The molecule has 0 saturated heterocycles. The van der Waals surface area contributed by atoms with Crippen molar-refractivity contribution in [3.05, 3.63) is 54.1 Å². The van der Waals surface area contributed by atoms with Gasteiger partial charge in [-0.15, -0.1) is 0 Å². The number of rotatable bonds is 6. The Kier molecular flexibility index (Phi) is 5.69. The normalized spacial score (nSPS) is 16.6. The second-order valence-corrected chi connectivity index (χ2v) is 8.39. The van der Waals surface area contributed by atoms with Gasteiger partial charge in [0.05, 0.1) is 23.3 Å². The van der Waals surface area contributed by atoms with Gasteiger partial charge in [-0.2, -0.15) is 0 Å². The van der Waals surface area contributed by atoms with Gasteiger partial charge in [0.15, 0.2) is 11.9 Å². The van der Waals surface area contributed by atoms with Crippen LogP contribution in [-0.4, -0.2) is 40.4 Å². The first-order valence-corrected chi connectivity index (χ1v) is 10.2. The van der Waals surface area contributed by atoms with Gasteiger partial charge < -0.3 is 9.47 Å². The number of sulfonamides is 1. The van der Waals surface area contributed by atoms with Crippen molar-refractivity contribution in [3.8, 4) is 5.75 Å². The van der Waals surface area contributed by atoms with Crippen molar-refractivity contribution in [2.75, 3.05) is 18.5 Å². The van der Waals surface area contributed by atoms with Crippen molar-refractivity contribution in [2.45, 2.75) is 30.3 Å². The third-order valence-electron chi connectivity index (χ3n) is 4.67. The molecular formula is C20H21NO6S. The summed E-state index contributed by atoms with van der Waals surface area (Å²) in [6.45, 7) is 0. The highest BCUT2D eigenvalue weighted by atomic mass is 32.2. The van der Waals surface area contributed by atoms with Crippen molar-refractivity contribution in [1.82, 2.24) is 0 Å². The summed E-state index contributed by atoms with van der Waals surface area (Å²) in [6, 6.07) is 12.2. The summed E-state index contributed by atoms with van der Waals surface area (Å²) >= 11 is 0. The van der Waals surface area contributed by atoms with Crippen LogP contribution in [0.25, 0.3) is 0 Å². The highest BCUT2D eigenvalue weighted by Crippen LogP contribution is 2.31. The van der Waals surface area contributed by atoms with Gasteiger partial charge in [0.2, 0.25) is 0 Å². The predicted molar refractivity (Wildman–Crippen MR) is 103 cm³/mol. The summed E-state index contributed by atoms with van der Waals surface area (Å²) < 4.78 is 37.4. The number of anilines is 1. The van der Waals surface area contributed by atoms with E-state index in [9.17, 15) is 18.0 Å². The summed E-state index contributed by atoms with van der Waals surface area (Å²) in [5, 5.41) is 0. The van der Waals surface area contributed by atoms with Crippen LogP contribution in [0.2, 0.25) is 0 Å². The Morgan fingerprint density at radius 1 is 1.11 bits per heavy atom. The average Bonchev–Trinajstić information content (AvgIpc) is 3.11. The molecule has 28 heavy (non-hydrogen) atoms. The van der Waals surface area contributed by atoms with Crippen LogP contribution in [0, 0.1) is 0 Å². The van der Waals surface area contributed by atoms with Crippen molar-refractivity contribution in [1.29, 1.82) is 0 Å². The molecule has 2 aromatic rings. The number of ether oxygens (including phenoxy) is 2. The molecule has 0 bridgehead atoms. The van der Waals surface area contributed by atoms with Gasteiger partial charge in [0.1, 0.15) is 5.75 Å². The summed E-state index contributed by atoms with van der Waals surface area (Å²) in [7, 11) is -0.952. The van der Waals surface area contributed by atoms with E-state index in [1.807, 2.05) is 0 Å². The van der Waals surface area contributed by atoms with E-state index in [0.29, 0.717) is 30.7 Å². The number of nitrogens with zero attached hydrogens (tertiary/aromatic N) is 1. The zero-order valence-electron chi connectivity index (χ0n) is 15.6. The number of esters is 1. The molecule has 3 rings (SSSR count). The predicted octanol–water partition coefficient (Wildman–Crippen LogP) is 2.80. The van der Waals surface area contributed by atoms with Gasteiger partial charge in [-0.1, -0.05) is 12.1 Å². The van der Waals surface area contributed by atoms with Crippen LogP contribution < -0.4 is 9.04 Å². The number of benzene rings is 2. The first-order valence-electron chi connectivity index (χ1n) is 8.80. The van der Waals surface area contributed by atoms with E-state index in [1.165, 1.54) is 38.4 Å². The Balaban J connectivity index is 1.79. The molecule has 1 atom stereocenters. The molecule has 1 aliphatic rings. The van der Waals surface area contributed by atoms with Crippen LogP contribution >= 0.6 is 0 Å². The largest absolute Gasteiger partial charge is 0.495 e. The first kappa shape index (κ1) is 19.9. The number of hydrogen-bond acceptors (Lipinski definition) is 6. The number of carbonyl (C=O) groups is 2. The molecule has 1 saturated carbocycles. The van der Waals surface area contributed by atoms with Gasteiger partial charge in [-0.05, 0) is 49.2 Å². The third-order valence-corrected chi connectivity index (χ3v) is 6.46. The SMILES string of the molecule is COc1ccccc1N(C)S(=O)(=O)c1ccc(C(=O)O[C@@H]2CCCC2=O)cc1. The van der Waals surface area contributed by atoms with E-state index < -0.39 is 22.1 Å². The standard InChI is InChI=1S/C20H21NO6S/c1-21(16-6-3-4-8-18(16)26-2)28(24,25)15-12-10-14(11-13-15)20(23)27-19-9-5-7-17(19)22/h3-4,6,8,10-13,19H,5,7,9H2,1-2H3/t19-/m1/s1. The van der Waals surface area contributed by atoms with Crippen molar-refractivity contribution < 1.29 is 27.5 Å². The van der Waals surface area contributed by atoms with Crippen LogP contribution in [0.4, 0.5) is 5.69 Å². The zero-order valence-corrected chi connectivity index (χ0v) is 16.4. The third kappa shape index (κ3) is 3.87. The minimum absolute atomic E-state index is 0.0226. The minimum Gasteiger partial charge on any atom is -0.495 e. The van der Waals surface area contributed by atoms with Gasteiger partial charge in [0.25, 0.3) is 10.0 Å². The van der Waals surface area contributed by atoms with Crippen LogP contribution in [0.5, 0.6) is 5.75 Å². The maximum absolute atomic E-state index is 12.9. The Morgan fingerprint density at radius 3 is 2.39 bits per heavy atom. The lowest BCUT2D eigenvalue weighted by atomic mass is 10.2. The van der Waals surface area contributed by atoms with Crippen LogP contribution in [-0.2, 0) is 19.6 Å². The van der Waals surface area contributed by atoms with E-state index in [-0.39, 0.29) is 16.2 Å². The zero-order chi connectivity index (χ0) is 20.3.